The highest BCUT2D eigenvalue weighted by molar-refractivity contribution is 7.91. The van der Waals surface area contributed by atoms with Crippen LogP contribution in [0.5, 0.6) is 0 Å². The van der Waals surface area contributed by atoms with E-state index in [9.17, 15) is 22.8 Å². The molecule has 0 saturated carbocycles. The van der Waals surface area contributed by atoms with Gasteiger partial charge in [-0.2, -0.15) is 0 Å². The molecular weight excluding hydrogens is 350 g/mol. The molecule has 132 valence electrons. The predicted molar refractivity (Wildman–Crippen MR) is 87.5 cm³/mol. The maximum Gasteiger partial charge on any atom is 0.321 e. The van der Waals surface area contributed by atoms with Crippen LogP contribution in [0.25, 0.3) is 10.9 Å². The largest absolute Gasteiger partial charge is 0.334 e. The van der Waals surface area contributed by atoms with E-state index in [0.29, 0.717) is 17.3 Å². The van der Waals surface area contributed by atoms with Crippen LogP contribution in [0.1, 0.15) is 6.42 Å². The molecule has 0 radical (unpaired) electrons. The third-order valence-corrected chi connectivity index (χ3v) is 5.51. The molecule has 1 aliphatic rings. The summed E-state index contributed by atoms with van der Waals surface area (Å²) in [7, 11) is -3.14. The van der Waals surface area contributed by atoms with Gasteiger partial charge in [-0.3, -0.25) is 14.9 Å². The standard InChI is InChI=1S/C14H15N5O5S/c20-12(16-14(22)15-9-5-6-25(23,24)8-9)7-19-13(21)10-3-1-2-4-11(10)17-18-19/h1-4,9H,5-8H2,(H2,15,16,20,22)/t9-/m1/s1. The van der Waals surface area contributed by atoms with Crippen LogP contribution >= 0.6 is 0 Å². The Morgan fingerprint density at radius 1 is 1.28 bits per heavy atom. The average molecular weight is 365 g/mol. The molecule has 1 aromatic carbocycles. The molecule has 1 fully saturated rings. The van der Waals surface area contributed by atoms with Crippen molar-refractivity contribution in [3.05, 3.63) is 34.6 Å². The Bertz CT molecular complexity index is 1000. The van der Waals surface area contributed by atoms with E-state index in [2.05, 4.69) is 15.6 Å². The van der Waals surface area contributed by atoms with Crippen molar-refractivity contribution in [2.24, 2.45) is 0 Å². The highest BCUT2D eigenvalue weighted by atomic mass is 32.2. The minimum Gasteiger partial charge on any atom is -0.334 e. The first kappa shape index (κ1) is 17.0. The lowest BCUT2D eigenvalue weighted by molar-refractivity contribution is -0.120. The van der Waals surface area contributed by atoms with E-state index < -0.39 is 39.9 Å². The molecule has 0 unspecified atom stereocenters. The summed E-state index contributed by atoms with van der Waals surface area (Å²) in [4.78, 5) is 35.9. The van der Waals surface area contributed by atoms with Crippen molar-refractivity contribution in [2.75, 3.05) is 11.5 Å². The normalized spacial score (nSPS) is 18.8. The van der Waals surface area contributed by atoms with E-state index in [0.717, 1.165) is 4.68 Å². The fourth-order valence-corrected chi connectivity index (χ4v) is 4.23. The van der Waals surface area contributed by atoms with Crippen molar-refractivity contribution in [1.29, 1.82) is 0 Å². The predicted octanol–water partition coefficient (Wildman–Crippen LogP) is -1.20. The lowest BCUT2D eigenvalue weighted by Gasteiger charge is -2.11. The molecular formula is C14H15N5O5S. The summed E-state index contributed by atoms with van der Waals surface area (Å²) >= 11 is 0. The Morgan fingerprint density at radius 3 is 2.76 bits per heavy atom. The topological polar surface area (TPSA) is 140 Å². The highest BCUT2D eigenvalue weighted by Crippen LogP contribution is 2.10. The molecule has 1 aliphatic heterocycles. The lowest BCUT2D eigenvalue weighted by Crippen LogP contribution is -2.46. The molecule has 10 nitrogen and oxygen atoms in total. The Hall–Kier alpha value is -2.82. The molecule has 1 saturated heterocycles. The van der Waals surface area contributed by atoms with Gasteiger partial charge in [-0.1, -0.05) is 17.3 Å². The summed E-state index contributed by atoms with van der Waals surface area (Å²) in [5.74, 6) is -0.900. The molecule has 0 aliphatic carbocycles. The second kappa shape index (κ2) is 6.59. The van der Waals surface area contributed by atoms with Crippen molar-refractivity contribution < 1.29 is 18.0 Å². The summed E-state index contributed by atoms with van der Waals surface area (Å²) in [6, 6.07) is 5.22. The Balaban J connectivity index is 1.62. The average Bonchev–Trinajstić information content (AvgIpc) is 2.88. The van der Waals surface area contributed by atoms with Gasteiger partial charge in [0.1, 0.15) is 12.1 Å². The third-order valence-electron chi connectivity index (χ3n) is 3.74. The van der Waals surface area contributed by atoms with Crippen molar-refractivity contribution in [3.8, 4) is 0 Å². The number of fused-ring (bicyclic) bond motifs is 1. The van der Waals surface area contributed by atoms with Crippen LogP contribution in [-0.4, -0.2) is 52.9 Å². The van der Waals surface area contributed by atoms with E-state index in [-0.39, 0.29) is 11.5 Å². The highest BCUT2D eigenvalue weighted by Gasteiger charge is 2.29. The number of carbonyl (C=O) groups excluding carboxylic acids is 2. The first-order valence-corrected chi connectivity index (χ1v) is 9.29. The summed E-state index contributed by atoms with van der Waals surface area (Å²) in [5.41, 5.74) is -0.0904. The summed E-state index contributed by atoms with van der Waals surface area (Å²) in [6.07, 6.45) is 0.305. The summed E-state index contributed by atoms with van der Waals surface area (Å²) in [6.45, 7) is -0.479. The maximum absolute atomic E-state index is 12.2. The van der Waals surface area contributed by atoms with Crippen LogP contribution < -0.4 is 16.2 Å². The van der Waals surface area contributed by atoms with Crippen LogP contribution in [0.4, 0.5) is 4.79 Å². The second-order valence-corrected chi connectivity index (χ2v) is 7.92. The lowest BCUT2D eigenvalue weighted by atomic mass is 10.2. The van der Waals surface area contributed by atoms with Gasteiger partial charge >= 0.3 is 6.03 Å². The summed E-state index contributed by atoms with van der Waals surface area (Å²) in [5, 5.41) is 12.3. The molecule has 1 aromatic heterocycles. The molecule has 25 heavy (non-hydrogen) atoms. The zero-order valence-electron chi connectivity index (χ0n) is 13.0. The molecule has 1 atom stereocenters. The maximum atomic E-state index is 12.2. The van der Waals surface area contributed by atoms with Crippen molar-refractivity contribution >= 4 is 32.7 Å². The number of nitrogens with zero attached hydrogens (tertiary/aromatic N) is 3. The smallest absolute Gasteiger partial charge is 0.321 e. The van der Waals surface area contributed by atoms with Gasteiger partial charge in [0.15, 0.2) is 9.84 Å². The quantitative estimate of drug-likeness (QED) is 0.696. The fraction of sp³-hybridized carbons (Fsp3) is 0.357. The minimum absolute atomic E-state index is 0.00790. The van der Waals surface area contributed by atoms with Gasteiger partial charge in [-0.25, -0.2) is 17.9 Å². The van der Waals surface area contributed by atoms with E-state index in [1.54, 1.807) is 24.3 Å². The number of nitrogens with one attached hydrogen (secondary N) is 2. The van der Waals surface area contributed by atoms with E-state index in [1.165, 1.54) is 0 Å². The molecule has 2 aromatic rings. The van der Waals surface area contributed by atoms with Gasteiger partial charge in [-0.05, 0) is 18.6 Å². The van der Waals surface area contributed by atoms with Crippen LogP contribution in [0.15, 0.2) is 29.1 Å². The van der Waals surface area contributed by atoms with Gasteiger partial charge in [0.05, 0.1) is 16.9 Å². The SMILES string of the molecule is O=C(Cn1nnc2ccccc2c1=O)NC(=O)N[C@@H]1CCS(=O)(=O)C1. The van der Waals surface area contributed by atoms with Crippen molar-refractivity contribution in [3.63, 3.8) is 0 Å². The van der Waals surface area contributed by atoms with Gasteiger partial charge in [0.25, 0.3) is 5.56 Å². The van der Waals surface area contributed by atoms with Gasteiger partial charge in [-0.15, -0.1) is 5.10 Å². The summed E-state index contributed by atoms with van der Waals surface area (Å²) < 4.78 is 23.5. The molecule has 0 spiro atoms. The number of sulfone groups is 1. The monoisotopic (exact) mass is 365 g/mol. The van der Waals surface area contributed by atoms with Gasteiger partial charge in [0, 0.05) is 6.04 Å². The first-order valence-electron chi connectivity index (χ1n) is 7.47. The first-order chi connectivity index (χ1) is 11.8. The fourth-order valence-electron chi connectivity index (χ4n) is 2.56. The number of amides is 3. The number of carbonyl (C=O) groups is 2. The Morgan fingerprint density at radius 2 is 2.04 bits per heavy atom. The van der Waals surface area contributed by atoms with E-state index in [1.807, 2.05) is 5.32 Å². The molecule has 0 bridgehead atoms. The van der Waals surface area contributed by atoms with E-state index >= 15 is 0 Å². The molecule has 3 rings (SSSR count). The van der Waals surface area contributed by atoms with Crippen molar-refractivity contribution in [2.45, 2.75) is 19.0 Å². The number of aromatic nitrogens is 3. The number of benzene rings is 1. The molecule has 11 heteroatoms. The molecule has 2 N–H and O–H groups in total. The number of imide groups is 1. The molecule has 3 amide bonds. The zero-order valence-corrected chi connectivity index (χ0v) is 13.8. The van der Waals surface area contributed by atoms with Crippen molar-refractivity contribution in [1.82, 2.24) is 25.6 Å². The zero-order chi connectivity index (χ0) is 18.0. The third kappa shape index (κ3) is 3.99. The minimum atomic E-state index is -3.14. The number of hydrogen-bond donors (Lipinski definition) is 2. The second-order valence-electron chi connectivity index (χ2n) is 5.69. The number of urea groups is 1. The molecule has 2 heterocycles. The van der Waals surface area contributed by atoms with Crippen LogP contribution in [0.2, 0.25) is 0 Å². The number of hydrogen-bond acceptors (Lipinski definition) is 7. The van der Waals surface area contributed by atoms with Crippen LogP contribution in [0.3, 0.4) is 0 Å². The van der Waals surface area contributed by atoms with Crippen LogP contribution in [-0.2, 0) is 21.2 Å². The van der Waals surface area contributed by atoms with Crippen LogP contribution in [0, 0.1) is 0 Å². The number of rotatable bonds is 3. The van der Waals surface area contributed by atoms with E-state index in [4.69, 9.17) is 0 Å². The Labute approximate surface area is 142 Å². The Kier molecular flexibility index (Phi) is 4.49. The van der Waals surface area contributed by atoms with Gasteiger partial charge < -0.3 is 5.32 Å². The van der Waals surface area contributed by atoms with Gasteiger partial charge in [0.2, 0.25) is 5.91 Å².